The summed E-state index contributed by atoms with van der Waals surface area (Å²) in [6, 6.07) is 7.95. The first-order valence-corrected chi connectivity index (χ1v) is 12.2. The minimum Gasteiger partial charge on any atom is -0.378 e. The minimum atomic E-state index is -4.08. The Labute approximate surface area is 187 Å². The fourth-order valence-corrected chi connectivity index (χ4v) is 5.84. The van der Waals surface area contributed by atoms with Crippen LogP contribution in [0.15, 0.2) is 51.1 Å². The molecule has 0 bridgehead atoms. The molecule has 1 aliphatic heterocycles. The lowest BCUT2D eigenvalue weighted by Crippen LogP contribution is -2.36. The molecule has 8 heteroatoms. The summed E-state index contributed by atoms with van der Waals surface area (Å²) in [6.07, 6.45) is 2.14. The Morgan fingerprint density at radius 2 is 1.78 bits per heavy atom. The molecule has 2 aromatic carbocycles. The van der Waals surface area contributed by atoms with Gasteiger partial charge in [-0.15, -0.1) is 0 Å². The zero-order valence-corrected chi connectivity index (χ0v) is 19.3. The zero-order valence-electron chi connectivity index (χ0n) is 18.5. The van der Waals surface area contributed by atoms with Crippen LogP contribution in [0.25, 0.3) is 10.9 Å². The van der Waals surface area contributed by atoms with Crippen molar-refractivity contribution in [2.75, 3.05) is 31.2 Å². The number of ether oxygens (including phenoxy) is 1. The molecule has 0 unspecified atom stereocenters. The van der Waals surface area contributed by atoms with E-state index in [0.29, 0.717) is 49.6 Å². The Balaban J connectivity index is 1.97. The van der Waals surface area contributed by atoms with Crippen LogP contribution in [0.4, 0.5) is 10.1 Å². The van der Waals surface area contributed by atoms with E-state index in [9.17, 15) is 13.2 Å². The van der Waals surface area contributed by atoms with E-state index in [1.165, 1.54) is 12.3 Å². The molecule has 0 amide bonds. The molecule has 6 nitrogen and oxygen atoms in total. The predicted molar refractivity (Wildman–Crippen MR) is 123 cm³/mol. The van der Waals surface area contributed by atoms with E-state index in [-0.39, 0.29) is 15.2 Å². The van der Waals surface area contributed by atoms with Gasteiger partial charge < -0.3 is 14.2 Å². The van der Waals surface area contributed by atoms with Gasteiger partial charge in [0.15, 0.2) is 0 Å². The fourth-order valence-electron chi connectivity index (χ4n) is 4.15. The highest BCUT2D eigenvalue weighted by molar-refractivity contribution is 7.91. The van der Waals surface area contributed by atoms with Gasteiger partial charge in [-0.3, -0.25) is 4.79 Å². The molecule has 1 fully saturated rings. The van der Waals surface area contributed by atoms with Crippen molar-refractivity contribution in [3.05, 3.63) is 63.7 Å². The molecule has 32 heavy (non-hydrogen) atoms. The summed E-state index contributed by atoms with van der Waals surface area (Å²) in [7, 11) is -4.08. The molecule has 1 aliphatic rings. The van der Waals surface area contributed by atoms with Crippen LogP contribution in [-0.4, -0.2) is 39.3 Å². The molecule has 0 aliphatic carbocycles. The maximum absolute atomic E-state index is 15.1. The van der Waals surface area contributed by atoms with Crippen molar-refractivity contribution in [1.82, 2.24) is 4.57 Å². The van der Waals surface area contributed by atoms with E-state index in [1.807, 2.05) is 17.9 Å². The Kier molecular flexibility index (Phi) is 6.09. The van der Waals surface area contributed by atoms with Gasteiger partial charge in [0.05, 0.1) is 34.7 Å². The molecule has 1 saturated heterocycles. The number of pyridine rings is 1. The molecule has 0 atom stereocenters. The first-order chi connectivity index (χ1) is 15.2. The third kappa shape index (κ3) is 3.93. The summed E-state index contributed by atoms with van der Waals surface area (Å²) in [6.45, 7) is 8.09. The average Bonchev–Trinajstić information content (AvgIpc) is 2.77. The third-order valence-corrected chi connectivity index (χ3v) is 7.74. The van der Waals surface area contributed by atoms with Crippen LogP contribution in [0.5, 0.6) is 0 Å². The van der Waals surface area contributed by atoms with Crippen LogP contribution in [0.1, 0.15) is 24.5 Å². The van der Waals surface area contributed by atoms with Crippen LogP contribution < -0.4 is 10.3 Å². The number of benzene rings is 2. The Hall–Kier alpha value is -2.71. The summed E-state index contributed by atoms with van der Waals surface area (Å²) in [5, 5.41) is 0.0688. The van der Waals surface area contributed by atoms with Gasteiger partial charge in [-0.1, -0.05) is 19.1 Å². The summed E-state index contributed by atoms with van der Waals surface area (Å²) < 4.78 is 49.2. The van der Waals surface area contributed by atoms with Gasteiger partial charge in [0.2, 0.25) is 15.3 Å². The first kappa shape index (κ1) is 22.5. The molecule has 0 N–H and O–H groups in total. The molecule has 0 spiro atoms. The SMILES string of the molecule is CCCn1cc(S(=O)(=O)c2cc(C)ccc2C)c(=O)c2cc(F)c(N3CCOCC3)cc21. The lowest BCUT2D eigenvalue weighted by Gasteiger charge is -2.29. The molecule has 2 heterocycles. The van der Waals surface area contributed by atoms with Crippen molar-refractivity contribution in [2.24, 2.45) is 0 Å². The smallest absolute Gasteiger partial charge is 0.212 e. The normalized spacial score (nSPS) is 14.8. The molecule has 3 aromatic rings. The Morgan fingerprint density at radius 3 is 2.47 bits per heavy atom. The molecule has 0 radical (unpaired) electrons. The van der Waals surface area contributed by atoms with Crippen LogP contribution in [0, 0.1) is 19.7 Å². The quantitative estimate of drug-likeness (QED) is 0.581. The first-order valence-electron chi connectivity index (χ1n) is 10.8. The van der Waals surface area contributed by atoms with Gasteiger partial charge >= 0.3 is 0 Å². The van der Waals surface area contributed by atoms with Gasteiger partial charge in [-0.2, -0.15) is 0 Å². The van der Waals surface area contributed by atoms with Gasteiger partial charge in [0, 0.05) is 25.8 Å². The summed E-state index contributed by atoms with van der Waals surface area (Å²) in [5.41, 5.74) is 1.59. The molecule has 4 rings (SSSR count). The van der Waals surface area contributed by atoms with Crippen LogP contribution in [-0.2, 0) is 21.1 Å². The van der Waals surface area contributed by atoms with Crippen LogP contribution >= 0.6 is 0 Å². The lowest BCUT2D eigenvalue weighted by molar-refractivity contribution is 0.122. The van der Waals surface area contributed by atoms with E-state index >= 15 is 4.39 Å². The van der Waals surface area contributed by atoms with Crippen molar-refractivity contribution < 1.29 is 17.5 Å². The Morgan fingerprint density at radius 1 is 1.06 bits per heavy atom. The number of fused-ring (bicyclic) bond motifs is 1. The number of halogens is 1. The number of hydrogen-bond donors (Lipinski definition) is 0. The van der Waals surface area contributed by atoms with E-state index in [0.717, 1.165) is 12.0 Å². The van der Waals surface area contributed by atoms with Crippen LogP contribution in [0.2, 0.25) is 0 Å². The van der Waals surface area contributed by atoms with E-state index in [1.54, 1.807) is 36.6 Å². The summed E-state index contributed by atoms with van der Waals surface area (Å²) in [4.78, 5) is 15.0. The maximum atomic E-state index is 15.1. The van der Waals surface area contributed by atoms with Gasteiger partial charge in [-0.05, 0) is 49.6 Å². The number of rotatable bonds is 5. The van der Waals surface area contributed by atoms with Crippen molar-refractivity contribution >= 4 is 26.4 Å². The molecular formula is C24H27FN2O4S. The number of anilines is 1. The predicted octanol–water partition coefficient (Wildman–Crippen LogP) is 3.84. The van der Waals surface area contributed by atoms with Gasteiger partial charge in [-0.25, -0.2) is 12.8 Å². The Bertz CT molecular complexity index is 1340. The van der Waals surface area contributed by atoms with E-state index in [4.69, 9.17) is 4.74 Å². The molecule has 170 valence electrons. The number of morpholine rings is 1. The molecule has 0 saturated carbocycles. The number of sulfone groups is 1. The minimum absolute atomic E-state index is 0.0688. The topological polar surface area (TPSA) is 68.6 Å². The zero-order chi connectivity index (χ0) is 23.0. The summed E-state index contributed by atoms with van der Waals surface area (Å²) >= 11 is 0. The van der Waals surface area contributed by atoms with Gasteiger partial charge in [0.1, 0.15) is 10.7 Å². The molecular weight excluding hydrogens is 431 g/mol. The monoisotopic (exact) mass is 458 g/mol. The highest BCUT2D eigenvalue weighted by Crippen LogP contribution is 2.29. The van der Waals surface area contributed by atoms with Crippen molar-refractivity contribution in [3.8, 4) is 0 Å². The fraction of sp³-hybridized carbons (Fsp3) is 0.375. The molecule has 1 aromatic heterocycles. The van der Waals surface area contributed by atoms with E-state index < -0.39 is 21.1 Å². The van der Waals surface area contributed by atoms with E-state index in [2.05, 4.69) is 0 Å². The second-order valence-corrected chi connectivity index (χ2v) is 10.1. The lowest BCUT2D eigenvalue weighted by atomic mass is 10.1. The third-order valence-electron chi connectivity index (χ3n) is 5.86. The highest BCUT2D eigenvalue weighted by atomic mass is 32.2. The number of nitrogens with zero attached hydrogens (tertiary/aromatic N) is 2. The van der Waals surface area contributed by atoms with Crippen molar-refractivity contribution in [2.45, 2.75) is 43.5 Å². The second-order valence-electron chi connectivity index (χ2n) is 8.21. The standard InChI is InChI=1S/C24H27FN2O4S/c1-4-7-27-15-23(32(29,30)22-12-16(2)5-6-17(22)3)24(28)18-13-19(25)21(14-20(18)27)26-8-10-31-11-9-26/h5-6,12-15H,4,7-11H2,1-3H3. The number of aromatic nitrogens is 1. The second kappa shape index (κ2) is 8.67. The number of hydrogen-bond acceptors (Lipinski definition) is 5. The van der Waals surface area contributed by atoms with Gasteiger partial charge in [0.25, 0.3) is 0 Å². The van der Waals surface area contributed by atoms with Crippen molar-refractivity contribution in [1.29, 1.82) is 0 Å². The largest absolute Gasteiger partial charge is 0.378 e. The maximum Gasteiger partial charge on any atom is 0.212 e. The number of aryl methyl sites for hydroxylation is 3. The van der Waals surface area contributed by atoms with Crippen LogP contribution in [0.3, 0.4) is 0 Å². The summed E-state index contributed by atoms with van der Waals surface area (Å²) in [5.74, 6) is -0.541. The average molecular weight is 459 g/mol. The highest BCUT2D eigenvalue weighted by Gasteiger charge is 2.27. The van der Waals surface area contributed by atoms with Crippen molar-refractivity contribution in [3.63, 3.8) is 0 Å².